The van der Waals surface area contributed by atoms with Gasteiger partial charge in [-0.05, 0) is 36.4 Å². The number of amides is 1. The average molecular weight is 502 g/mol. The van der Waals surface area contributed by atoms with Crippen molar-refractivity contribution in [2.45, 2.75) is 10.9 Å². The van der Waals surface area contributed by atoms with Crippen LogP contribution < -0.4 is 10.2 Å². The van der Waals surface area contributed by atoms with Crippen LogP contribution in [0.2, 0.25) is 10.0 Å². The van der Waals surface area contributed by atoms with Crippen molar-refractivity contribution in [2.75, 3.05) is 5.75 Å². The van der Waals surface area contributed by atoms with Gasteiger partial charge in [-0.15, -0.1) is 11.3 Å². The van der Waals surface area contributed by atoms with E-state index in [0.717, 1.165) is 20.1 Å². The lowest BCUT2D eigenvalue weighted by atomic mass is 10.2. The van der Waals surface area contributed by atoms with E-state index in [4.69, 9.17) is 27.9 Å². The number of nitrogens with zero attached hydrogens (tertiary/aromatic N) is 2. The van der Waals surface area contributed by atoms with Crippen molar-refractivity contribution in [3.8, 4) is 5.75 Å². The summed E-state index contributed by atoms with van der Waals surface area (Å²) in [5, 5.41) is 5.15. The Hall–Kier alpha value is -2.58. The zero-order valence-corrected chi connectivity index (χ0v) is 19.8. The zero-order chi connectivity index (χ0) is 22.3. The van der Waals surface area contributed by atoms with Crippen LogP contribution in [0.15, 0.2) is 76.2 Å². The van der Waals surface area contributed by atoms with Gasteiger partial charge in [-0.3, -0.25) is 4.79 Å². The molecule has 162 valence electrons. The van der Waals surface area contributed by atoms with Crippen LogP contribution in [0.25, 0.3) is 10.2 Å². The van der Waals surface area contributed by atoms with Gasteiger partial charge in [0.15, 0.2) is 4.34 Å². The molecule has 1 heterocycles. The van der Waals surface area contributed by atoms with Gasteiger partial charge in [-0.1, -0.05) is 65.3 Å². The number of aromatic nitrogens is 1. The quantitative estimate of drug-likeness (QED) is 0.172. The van der Waals surface area contributed by atoms with Crippen LogP contribution in [0.1, 0.15) is 11.1 Å². The molecule has 0 spiro atoms. The highest BCUT2D eigenvalue weighted by atomic mass is 35.5. The van der Waals surface area contributed by atoms with Crippen molar-refractivity contribution in [3.63, 3.8) is 0 Å². The minimum Gasteiger partial charge on any atom is -0.488 e. The minimum atomic E-state index is -0.216. The molecule has 9 heteroatoms. The minimum absolute atomic E-state index is 0.216. The number of thiazole rings is 1. The molecule has 1 aromatic heterocycles. The monoisotopic (exact) mass is 501 g/mol. The summed E-state index contributed by atoms with van der Waals surface area (Å²) in [6, 6.07) is 20.6. The van der Waals surface area contributed by atoms with Crippen molar-refractivity contribution in [2.24, 2.45) is 5.10 Å². The number of carbonyl (C=O) groups excluding carboxylic acids is 1. The molecule has 0 fully saturated rings. The van der Waals surface area contributed by atoms with Crippen LogP contribution in [0.4, 0.5) is 0 Å². The smallest absolute Gasteiger partial charge is 0.250 e. The number of halogens is 2. The lowest BCUT2D eigenvalue weighted by Crippen LogP contribution is -2.19. The van der Waals surface area contributed by atoms with Gasteiger partial charge >= 0.3 is 0 Å². The third kappa shape index (κ3) is 5.81. The summed E-state index contributed by atoms with van der Waals surface area (Å²) in [5.74, 6) is 0.609. The highest BCUT2D eigenvalue weighted by Gasteiger charge is 2.09. The van der Waals surface area contributed by atoms with E-state index in [9.17, 15) is 4.79 Å². The fraction of sp³-hybridized carbons (Fsp3) is 0.0870. The molecule has 32 heavy (non-hydrogen) atoms. The normalized spacial score (nSPS) is 11.2. The summed E-state index contributed by atoms with van der Waals surface area (Å²) in [4.78, 5) is 16.7. The Kier molecular flexibility index (Phi) is 7.65. The van der Waals surface area contributed by atoms with Crippen LogP contribution in [0.5, 0.6) is 5.75 Å². The molecule has 1 amide bonds. The Morgan fingerprint density at radius 3 is 2.62 bits per heavy atom. The standard InChI is InChI=1S/C23H17Cl2N3O2S2/c24-17-7-5-8-18(25)16(17)13-30-20-10-3-1-6-15(20)12-26-28-22(29)14-31-23-27-19-9-2-4-11-21(19)32-23/h1-12H,13-14H2,(H,28,29)/b26-12+. The molecule has 0 unspecified atom stereocenters. The number of rotatable bonds is 8. The number of carbonyl (C=O) groups is 1. The molecular formula is C23H17Cl2N3O2S2. The summed E-state index contributed by atoms with van der Waals surface area (Å²) in [6.07, 6.45) is 1.55. The van der Waals surface area contributed by atoms with Crippen LogP contribution >= 0.6 is 46.3 Å². The molecule has 4 aromatic rings. The summed E-state index contributed by atoms with van der Waals surface area (Å²) in [7, 11) is 0. The van der Waals surface area contributed by atoms with Crippen LogP contribution in [0.3, 0.4) is 0 Å². The van der Waals surface area contributed by atoms with E-state index in [-0.39, 0.29) is 18.3 Å². The Morgan fingerprint density at radius 2 is 1.81 bits per heavy atom. The third-order valence-electron chi connectivity index (χ3n) is 4.35. The predicted octanol–water partition coefficient (Wildman–Crippen LogP) is 6.42. The number of hydrogen-bond acceptors (Lipinski definition) is 6. The molecule has 0 atom stereocenters. The van der Waals surface area contributed by atoms with Gasteiger partial charge in [-0.2, -0.15) is 5.10 Å². The molecule has 3 aromatic carbocycles. The maximum Gasteiger partial charge on any atom is 0.250 e. The van der Waals surface area contributed by atoms with E-state index < -0.39 is 0 Å². The molecular weight excluding hydrogens is 485 g/mol. The van der Waals surface area contributed by atoms with E-state index >= 15 is 0 Å². The second kappa shape index (κ2) is 10.8. The van der Waals surface area contributed by atoms with Gasteiger partial charge in [0.25, 0.3) is 5.91 Å². The number of nitrogens with one attached hydrogen (secondary N) is 1. The SMILES string of the molecule is O=C(CSc1nc2ccccc2s1)N/N=C/c1ccccc1OCc1c(Cl)cccc1Cl. The lowest BCUT2D eigenvalue weighted by Gasteiger charge is -2.11. The van der Waals surface area contributed by atoms with E-state index in [1.54, 1.807) is 35.8 Å². The summed E-state index contributed by atoms with van der Waals surface area (Å²) >= 11 is 15.4. The molecule has 0 aliphatic carbocycles. The largest absolute Gasteiger partial charge is 0.488 e. The average Bonchev–Trinajstić information content (AvgIpc) is 3.21. The second-order valence-corrected chi connectivity index (χ2v) is 9.62. The molecule has 4 rings (SSSR count). The van der Waals surface area contributed by atoms with Crippen LogP contribution in [-0.2, 0) is 11.4 Å². The number of hydrogen-bond donors (Lipinski definition) is 1. The van der Waals surface area contributed by atoms with Gasteiger partial charge < -0.3 is 4.74 Å². The second-order valence-electron chi connectivity index (χ2n) is 6.56. The van der Waals surface area contributed by atoms with E-state index in [0.29, 0.717) is 21.4 Å². The maximum absolute atomic E-state index is 12.2. The van der Waals surface area contributed by atoms with Crippen molar-refractivity contribution >= 4 is 68.6 Å². The van der Waals surface area contributed by atoms with Gasteiger partial charge in [0.05, 0.1) is 22.2 Å². The maximum atomic E-state index is 12.2. The highest BCUT2D eigenvalue weighted by molar-refractivity contribution is 8.01. The fourth-order valence-corrected chi connectivity index (χ4v) is 5.15. The topological polar surface area (TPSA) is 63.6 Å². The molecule has 1 N–H and O–H groups in total. The first-order valence-electron chi connectivity index (χ1n) is 9.55. The number of ether oxygens (including phenoxy) is 1. The highest BCUT2D eigenvalue weighted by Crippen LogP contribution is 2.29. The van der Waals surface area contributed by atoms with Gasteiger partial charge in [-0.25, -0.2) is 10.4 Å². The van der Waals surface area contributed by atoms with Gasteiger partial charge in [0, 0.05) is 21.2 Å². The van der Waals surface area contributed by atoms with E-state index in [1.807, 2.05) is 48.5 Å². The lowest BCUT2D eigenvalue weighted by molar-refractivity contribution is -0.118. The number of hydrazone groups is 1. The molecule has 0 aliphatic rings. The van der Waals surface area contributed by atoms with Gasteiger partial charge in [0.2, 0.25) is 0 Å². The molecule has 0 saturated carbocycles. The van der Waals surface area contributed by atoms with E-state index in [2.05, 4.69) is 15.5 Å². The molecule has 5 nitrogen and oxygen atoms in total. The number of thioether (sulfide) groups is 1. The molecule has 0 bridgehead atoms. The predicted molar refractivity (Wildman–Crippen MR) is 133 cm³/mol. The van der Waals surface area contributed by atoms with Crippen molar-refractivity contribution in [3.05, 3.63) is 87.9 Å². The Labute approximate surface area is 203 Å². The Bertz CT molecular complexity index is 1220. The first kappa shape index (κ1) is 22.6. The van der Waals surface area contributed by atoms with Crippen molar-refractivity contribution in [1.82, 2.24) is 10.4 Å². The summed E-state index contributed by atoms with van der Waals surface area (Å²) in [6.45, 7) is 0.217. The number of fused-ring (bicyclic) bond motifs is 1. The zero-order valence-electron chi connectivity index (χ0n) is 16.6. The summed E-state index contributed by atoms with van der Waals surface area (Å²) in [5.41, 5.74) is 4.91. The third-order valence-corrected chi connectivity index (χ3v) is 7.23. The molecule has 0 saturated heterocycles. The van der Waals surface area contributed by atoms with Crippen LogP contribution in [0, 0.1) is 0 Å². The Morgan fingerprint density at radius 1 is 1.06 bits per heavy atom. The first-order chi connectivity index (χ1) is 15.6. The first-order valence-corrected chi connectivity index (χ1v) is 12.1. The van der Waals surface area contributed by atoms with Crippen molar-refractivity contribution in [1.29, 1.82) is 0 Å². The molecule has 0 aliphatic heterocycles. The fourth-order valence-electron chi connectivity index (χ4n) is 2.78. The van der Waals surface area contributed by atoms with Gasteiger partial charge in [0.1, 0.15) is 12.4 Å². The van der Waals surface area contributed by atoms with E-state index in [1.165, 1.54) is 11.8 Å². The Balaban J connectivity index is 1.32. The number of benzene rings is 3. The molecule has 0 radical (unpaired) electrons. The van der Waals surface area contributed by atoms with Crippen LogP contribution in [-0.4, -0.2) is 22.9 Å². The summed E-state index contributed by atoms with van der Waals surface area (Å²) < 4.78 is 7.84. The van der Waals surface area contributed by atoms with Crippen molar-refractivity contribution < 1.29 is 9.53 Å². The number of para-hydroxylation sites is 2.